The third kappa shape index (κ3) is 6.23. The number of nitro benzene ring substituents is 1. The molecule has 1 aliphatic rings. The summed E-state index contributed by atoms with van der Waals surface area (Å²) < 4.78 is 0. The molecule has 4 N–H and O–H groups in total. The van der Waals surface area contributed by atoms with Crippen molar-refractivity contribution in [2.24, 2.45) is 0 Å². The van der Waals surface area contributed by atoms with E-state index in [1.165, 1.54) is 12.1 Å². The molecule has 1 fully saturated rings. The molecule has 8 nitrogen and oxygen atoms in total. The lowest BCUT2D eigenvalue weighted by molar-refractivity contribution is -0.384. The Kier molecular flexibility index (Phi) is 7.60. The molecule has 1 saturated heterocycles. The van der Waals surface area contributed by atoms with E-state index in [1.54, 1.807) is 12.1 Å². The van der Waals surface area contributed by atoms with Gasteiger partial charge in [0.15, 0.2) is 0 Å². The van der Waals surface area contributed by atoms with Gasteiger partial charge in [0.05, 0.1) is 4.92 Å². The van der Waals surface area contributed by atoms with E-state index in [9.17, 15) is 14.9 Å². The molecule has 0 radical (unpaired) electrons. The molecule has 2 rings (SSSR count). The number of nitrogens with one attached hydrogen (secondary N) is 4. The van der Waals surface area contributed by atoms with Gasteiger partial charge < -0.3 is 21.3 Å². The van der Waals surface area contributed by atoms with Gasteiger partial charge in [-0.2, -0.15) is 0 Å². The fraction of sp³-hybridized carbons (Fsp3) is 0.562. The van der Waals surface area contributed by atoms with Crippen molar-refractivity contribution in [3.05, 3.63) is 39.9 Å². The summed E-state index contributed by atoms with van der Waals surface area (Å²) in [5, 5.41) is 23.7. The molecule has 1 aromatic carbocycles. The van der Waals surface area contributed by atoms with Crippen LogP contribution in [0.4, 0.5) is 5.69 Å². The number of carbonyl (C=O) groups excluding carboxylic acids is 1. The van der Waals surface area contributed by atoms with Crippen molar-refractivity contribution in [2.45, 2.75) is 18.9 Å². The highest BCUT2D eigenvalue weighted by Gasteiger charge is 2.16. The minimum Gasteiger partial charge on any atom is -0.355 e. The van der Waals surface area contributed by atoms with Crippen molar-refractivity contribution in [3.63, 3.8) is 0 Å². The largest absolute Gasteiger partial charge is 0.355 e. The molecule has 0 saturated carbocycles. The Hall–Kier alpha value is -2.03. The van der Waals surface area contributed by atoms with E-state index in [0.717, 1.165) is 44.7 Å². The molecule has 1 heterocycles. The van der Waals surface area contributed by atoms with Crippen LogP contribution >= 0.6 is 0 Å². The van der Waals surface area contributed by atoms with Crippen LogP contribution in [0.15, 0.2) is 24.3 Å². The van der Waals surface area contributed by atoms with Gasteiger partial charge in [-0.25, -0.2) is 0 Å². The summed E-state index contributed by atoms with van der Waals surface area (Å²) in [4.78, 5) is 22.5. The second kappa shape index (κ2) is 9.96. The summed E-state index contributed by atoms with van der Waals surface area (Å²) in [6, 6.07) is 6.20. The molecule has 8 heteroatoms. The third-order valence-corrected chi connectivity index (χ3v) is 3.92. The van der Waals surface area contributed by atoms with Crippen LogP contribution in [0.2, 0.25) is 0 Å². The second-order valence-corrected chi connectivity index (χ2v) is 5.76. The van der Waals surface area contributed by atoms with Crippen LogP contribution in [0.1, 0.15) is 24.4 Å². The Balaban J connectivity index is 2.01. The third-order valence-electron chi connectivity index (χ3n) is 3.92. The monoisotopic (exact) mass is 335 g/mol. The Bertz CT molecular complexity index is 535. The van der Waals surface area contributed by atoms with E-state index < -0.39 is 4.92 Å². The molecule has 132 valence electrons. The van der Waals surface area contributed by atoms with Gasteiger partial charge in [0, 0.05) is 50.8 Å². The van der Waals surface area contributed by atoms with E-state index in [2.05, 4.69) is 21.3 Å². The minimum atomic E-state index is -0.422. The molecular formula is C16H25N5O3. The molecule has 0 bridgehead atoms. The average Bonchev–Trinajstić information content (AvgIpc) is 2.58. The van der Waals surface area contributed by atoms with Gasteiger partial charge >= 0.3 is 0 Å². The molecule has 24 heavy (non-hydrogen) atoms. The first kappa shape index (κ1) is 18.3. The maximum absolute atomic E-state index is 12.1. The molecule has 0 aliphatic carbocycles. The van der Waals surface area contributed by atoms with Crippen LogP contribution in [-0.4, -0.2) is 50.1 Å². The normalized spacial score (nSPS) is 21.5. The first-order chi connectivity index (χ1) is 11.7. The predicted molar refractivity (Wildman–Crippen MR) is 91.8 cm³/mol. The maximum atomic E-state index is 12.1. The molecule has 1 unspecified atom stereocenters. The molecule has 1 atom stereocenters. The second-order valence-electron chi connectivity index (χ2n) is 5.76. The number of nitrogens with zero attached hydrogens (tertiary/aromatic N) is 1. The van der Waals surface area contributed by atoms with Gasteiger partial charge in [-0.05, 0) is 25.1 Å². The standard InChI is InChI=1S/C16H25N5O3/c22-16-12-15(13-2-4-14(5-3-13)21(23)24)19-10-8-17-6-1-7-18-9-11-20-16/h2-5,15,17-19H,1,6-12H2,(H,20,22). The number of amides is 1. The van der Waals surface area contributed by atoms with Crippen LogP contribution in [0.3, 0.4) is 0 Å². The Morgan fingerprint density at radius 3 is 2.29 bits per heavy atom. The van der Waals surface area contributed by atoms with Crippen LogP contribution in [0.5, 0.6) is 0 Å². The quantitative estimate of drug-likeness (QED) is 0.458. The first-order valence-electron chi connectivity index (χ1n) is 8.32. The summed E-state index contributed by atoms with van der Waals surface area (Å²) in [5.74, 6) is -0.0299. The Morgan fingerprint density at radius 2 is 1.62 bits per heavy atom. The number of hydrogen-bond donors (Lipinski definition) is 4. The summed E-state index contributed by atoms with van der Waals surface area (Å²) in [6.45, 7) is 4.76. The zero-order valence-electron chi connectivity index (χ0n) is 13.7. The Morgan fingerprint density at radius 1 is 0.958 bits per heavy atom. The smallest absolute Gasteiger partial charge is 0.269 e. The summed E-state index contributed by atoms with van der Waals surface area (Å²) >= 11 is 0. The van der Waals surface area contributed by atoms with Crippen molar-refractivity contribution in [2.75, 3.05) is 39.3 Å². The van der Waals surface area contributed by atoms with Crippen LogP contribution in [-0.2, 0) is 4.79 Å². The summed E-state index contributed by atoms with van der Waals surface area (Å²) in [5.41, 5.74) is 0.929. The number of hydrogen-bond acceptors (Lipinski definition) is 6. The number of nitro groups is 1. The van der Waals surface area contributed by atoms with Crippen molar-refractivity contribution in [1.82, 2.24) is 21.3 Å². The molecular weight excluding hydrogens is 310 g/mol. The molecule has 0 spiro atoms. The number of carbonyl (C=O) groups is 1. The van der Waals surface area contributed by atoms with E-state index in [1.807, 2.05) is 0 Å². The van der Waals surface area contributed by atoms with Crippen molar-refractivity contribution in [3.8, 4) is 0 Å². The topological polar surface area (TPSA) is 108 Å². The fourth-order valence-electron chi connectivity index (χ4n) is 2.61. The lowest BCUT2D eigenvalue weighted by Crippen LogP contribution is -2.38. The highest BCUT2D eigenvalue weighted by Crippen LogP contribution is 2.20. The van der Waals surface area contributed by atoms with Crippen LogP contribution in [0, 0.1) is 10.1 Å². The molecule has 1 aliphatic heterocycles. The zero-order chi connectivity index (χ0) is 17.2. The first-order valence-corrected chi connectivity index (χ1v) is 8.32. The SMILES string of the molecule is O=C1CC(c2ccc([N+](=O)[O-])cc2)NCCNCCCNCCN1. The van der Waals surface area contributed by atoms with Crippen LogP contribution < -0.4 is 21.3 Å². The van der Waals surface area contributed by atoms with Gasteiger partial charge in [-0.3, -0.25) is 14.9 Å². The van der Waals surface area contributed by atoms with Gasteiger partial charge in [0.1, 0.15) is 0 Å². The predicted octanol–water partition coefficient (Wildman–Crippen LogP) is 0.315. The van der Waals surface area contributed by atoms with Crippen molar-refractivity contribution >= 4 is 11.6 Å². The van der Waals surface area contributed by atoms with Gasteiger partial charge in [0.25, 0.3) is 5.69 Å². The average molecular weight is 335 g/mol. The van der Waals surface area contributed by atoms with Crippen LogP contribution in [0.25, 0.3) is 0 Å². The minimum absolute atomic E-state index is 0.0299. The van der Waals surface area contributed by atoms with Gasteiger partial charge in [-0.15, -0.1) is 0 Å². The molecule has 1 aromatic rings. The maximum Gasteiger partial charge on any atom is 0.269 e. The number of benzene rings is 1. The summed E-state index contributed by atoms with van der Waals surface area (Å²) in [7, 11) is 0. The van der Waals surface area contributed by atoms with Gasteiger partial charge in [-0.1, -0.05) is 12.1 Å². The van der Waals surface area contributed by atoms with Gasteiger partial charge in [0.2, 0.25) is 5.91 Å². The lowest BCUT2D eigenvalue weighted by atomic mass is 10.0. The Labute approximate surface area is 141 Å². The van der Waals surface area contributed by atoms with E-state index in [4.69, 9.17) is 0 Å². The van der Waals surface area contributed by atoms with Crippen molar-refractivity contribution < 1.29 is 9.72 Å². The summed E-state index contributed by atoms with van der Waals surface area (Å²) in [6.07, 6.45) is 1.34. The number of non-ortho nitro benzene ring substituents is 1. The highest BCUT2D eigenvalue weighted by molar-refractivity contribution is 5.76. The fourth-order valence-corrected chi connectivity index (χ4v) is 2.61. The van der Waals surface area contributed by atoms with E-state index in [-0.39, 0.29) is 17.6 Å². The molecule has 0 aromatic heterocycles. The zero-order valence-corrected chi connectivity index (χ0v) is 13.7. The van der Waals surface area contributed by atoms with E-state index in [0.29, 0.717) is 13.0 Å². The van der Waals surface area contributed by atoms with E-state index >= 15 is 0 Å². The van der Waals surface area contributed by atoms with Crippen molar-refractivity contribution in [1.29, 1.82) is 0 Å². The molecule has 1 amide bonds. The lowest BCUT2D eigenvalue weighted by Gasteiger charge is -2.20. The highest BCUT2D eigenvalue weighted by atomic mass is 16.6. The number of rotatable bonds is 2.